The minimum absolute atomic E-state index is 0.0610. The predicted octanol–water partition coefficient (Wildman–Crippen LogP) is 0.746. The molecule has 1 saturated heterocycles. The van der Waals surface area contributed by atoms with Gasteiger partial charge in [-0.05, 0) is 31.4 Å². The Kier molecular flexibility index (Phi) is 6.05. The lowest BCUT2D eigenvalue weighted by molar-refractivity contribution is -0.150. The van der Waals surface area contributed by atoms with E-state index in [-0.39, 0.29) is 12.1 Å². The summed E-state index contributed by atoms with van der Waals surface area (Å²) >= 11 is 4.01. The van der Waals surface area contributed by atoms with Gasteiger partial charge in [0.25, 0.3) is 0 Å². The van der Waals surface area contributed by atoms with Crippen LogP contribution in [0.4, 0.5) is 0 Å². The number of thiol groups is 1. The van der Waals surface area contributed by atoms with Crippen LogP contribution in [0.1, 0.15) is 25.7 Å². The Morgan fingerprint density at radius 1 is 1.60 bits per heavy atom. The molecule has 0 saturated carbocycles. The van der Waals surface area contributed by atoms with Gasteiger partial charge in [0.2, 0.25) is 0 Å². The summed E-state index contributed by atoms with van der Waals surface area (Å²) in [6, 6.07) is -0.550. The molecular weight excluding hydrogens is 214 g/mol. The molecule has 88 valence electrons. The van der Waals surface area contributed by atoms with Gasteiger partial charge in [0, 0.05) is 6.61 Å². The Morgan fingerprint density at radius 2 is 2.40 bits per heavy atom. The third kappa shape index (κ3) is 4.86. The van der Waals surface area contributed by atoms with Gasteiger partial charge in [0.05, 0.1) is 6.10 Å². The van der Waals surface area contributed by atoms with E-state index in [9.17, 15) is 4.79 Å². The van der Waals surface area contributed by atoms with Crippen molar-refractivity contribution in [2.75, 3.05) is 19.0 Å². The molecule has 0 radical (unpaired) electrons. The van der Waals surface area contributed by atoms with Crippen molar-refractivity contribution in [2.24, 2.45) is 5.73 Å². The van der Waals surface area contributed by atoms with E-state index < -0.39 is 6.04 Å². The summed E-state index contributed by atoms with van der Waals surface area (Å²) in [5.41, 5.74) is 5.58. The number of esters is 1. The molecule has 0 amide bonds. The predicted molar refractivity (Wildman–Crippen MR) is 61.0 cm³/mol. The molecule has 0 spiro atoms. The van der Waals surface area contributed by atoms with Crippen LogP contribution in [-0.4, -0.2) is 37.1 Å². The molecule has 2 unspecified atom stereocenters. The first-order chi connectivity index (χ1) is 7.24. The molecule has 1 rings (SSSR count). The molecule has 0 aromatic heterocycles. The summed E-state index contributed by atoms with van der Waals surface area (Å²) in [5.74, 6) is 0.245. The van der Waals surface area contributed by atoms with Gasteiger partial charge in [-0.1, -0.05) is 0 Å². The van der Waals surface area contributed by atoms with Gasteiger partial charge in [-0.3, -0.25) is 4.79 Å². The van der Waals surface area contributed by atoms with Crippen molar-refractivity contribution in [1.29, 1.82) is 0 Å². The first-order valence-electron chi connectivity index (χ1n) is 5.38. The Hall–Kier alpha value is -0.260. The summed E-state index contributed by atoms with van der Waals surface area (Å²) in [6.07, 6.45) is 3.82. The van der Waals surface area contributed by atoms with Gasteiger partial charge < -0.3 is 15.2 Å². The Labute approximate surface area is 95.9 Å². The molecule has 0 aliphatic carbocycles. The second kappa shape index (κ2) is 7.09. The van der Waals surface area contributed by atoms with Crippen LogP contribution in [0.15, 0.2) is 0 Å². The molecule has 0 aromatic rings. The van der Waals surface area contributed by atoms with Crippen molar-refractivity contribution in [3.05, 3.63) is 0 Å². The third-order valence-electron chi connectivity index (χ3n) is 2.43. The number of rotatable bonds is 5. The van der Waals surface area contributed by atoms with E-state index in [4.69, 9.17) is 15.2 Å². The van der Waals surface area contributed by atoms with E-state index in [1.807, 2.05) is 0 Å². The van der Waals surface area contributed by atoms with Gasteiger partial charge >= 0.3 is 5.97 Å². The maximum absolute atomic E-state index is 11.3. The van der Waals surface area contributed by atoms with Crippen LogP contribution in [0.5, 0.6) is 0 Å². The molecule has 1 aliphatic rings. The van der Waals surface area contributed by atoms with E-state index in [0.29, 0.717) is 18.8 Å². The number of ether oxygens (including phenoxy) is 2. The normalized spacial score (nSPS) is 23.5. The molecule has 15 heavy (non-hydrogen) atoms. The summed E-state index contributed by atoms with van der Waals surface area (Å²) < 4.78 is 10.5. The van der Waals surface area contributed by atoms with Gasteiger partial charge in [0.1, 0.15) is 12.6 Å². The summed E-state index contributed by atoms with van der Waals surface area (Å²) in [7, 11) is 0. The SMILES string of the molecule is NC(CCS)C(=O)OCC1CCCCO1. The fourth-order valence-corrected chi connectivity index (χ4v) is 1.76. The lowest BCUT2D eigenvalue weighted by Gasteiger charge is -2.22. The van der Waals surface area contributed by atoms with E-state index >= 15 is 0 Å². The number of nitrogens with two attached hydrogens (primary N) is 1. The second-order valence-electron chi connectivity index (χ2n) is 3.74. The number of carbonyl (C=O) groups excluding carboxylic acids is 1. The van der Waals surface area contributed by atoms with E-state index in [0.717, 1.165) is 25.9 Å². The van der Waals surface area contributed by atoms with Crippen molar-refractivity contribution in [1.82, 2.24) is 0 Å². The highest BCUT2D eigenvalue weighted by molar-refractivity contribution is 7.80. The van der Waals surface area contributed by atoms with E-state index in [1.165, 1.54) is 0 Å². The molecular formula is C10H19NO3S. The minimum atomic E-state index is -0.550. The second-order valence-corrected chi connectivity index (χ2v) is 4.18. The standard InChI is InChI=1S/C10H19NO3S/c11-9(4-6-15)10(12)14-7-8-3-1-2-5-13-8/h8-9,15H,1-7,11H2. The van der Waals surface area contributed by atoms with Crippen LogP contribution in [0, 0.1) is 0 Å². The largest absolute Gasteiger partial charge is 0.462 e. The average Bonchev–Trinajstić information content (AvgIpc) is 2.27. The van der Waals surface area contributed by atoms with Crippen LogP contribution in [0.3, 0.4) is 0 Å². The van der Waals surface area contributed by atoms with Crippen LogP contribution < -0.4 is 5.73 Å². The summed E-state index contributed by atoms with van der Waals surface area (Å²) in [6.45, 7) is 1.10. The smallest absolute Gasteiger partial charge is 0.323 e. The van der Waals surface area contributed by atoms with E-state index in [2.05, 4.69) is 12.6 Å². The lowest BCUT2D eigenvalue weighted by Crippen LogP contribution is -2.35. The van der Waals surface area contributed by atoms with Crippen molar-refractivity contribution < 1.29 is 14.3 Å². The Bertz CT molecular complexity index is 195. The molecule has 1 aliphatic heterocycles. The zero-order valence-electron chi connectivity index (χ0n) is 8.85. The highest BCUT2D eigenvalue weighted by atomic mass is 32.1. The highest BCUT2D eigenvalue weighted by Crippen LogP contribution is 2.12. The summed E-state index contributed by atoms with van der Waals surface area (Å²) in [5, 5.41) is 0. The Balaban J connectivity index is 2.14. The minimum Gasteiger partial charge on any atom is -0.462 e. The quantitative estimate of drug-likeness (QED) is 0.543. The van der Waals surface area contributed by atoms with Crippen molar-refractivity contribution >= 4 is 18.6 Å². The highest BCUT2D eigenvalue weighted by Gasteiger charge is 2.19. The topological polar surface area (TPSA) is 61.6 Å². The molecule has 4 nitrogen and oxygen atoms in total. The summed E-state index contributed by atoms with van der Waals surface area (Å²) in [4.78, 5) is 11.3. The van der Waals surface area contributed by atoms with Crippen LogP contribution in [0.25, 0.3) is 0 Å². The molecule has 2 N–H and O–H groups in total. The first-order valence-corrected chi connectivity index (χ1v) is 6.02. The van der Waals surface area contributed by atoms with Crippen molar-refractivity contribution in [2.45, 2.75) is 37.8 Å². The van der Waals surface area contributed by atoms with Gasteiger partial charge in [-0.15, -0.1) is 0 Å². The van der Waals surface area contributed by atoms with Crippen LogP contribution in [-0.2, 0) is 14.3 Å². The molecule has 0 bridgehead atoms. The number of carbonyl (C=O) groups is 1. The monoisotopic (exact) mass is 233 g/mol. The van der Waals surface area contributed by atoms with Crippen molar-refractivity contribution in [3.8, 4) is 0 Å². The molecule has 1 heterocycles. The zero-order chi connectivity index (χ0) is 11.1. The van der Waals surface area contributed by atoms with Gasteiger partial charge in [-0.2, -0.15) is 12.6 Å². The maximum Gasteiger partial charge on any atom is 0.323 e. The molecule has 2 atom stereocenters. The Morgan fingerprint density at radius 3 is 3.00 bits per heavy atom. The maximum atomic E-state index is 11.3. The number of hydrogen-bond donors (Lipinski definition) is 2. The fourth-order valence-electron chi connectivity index (χ4n) is 1.48. The van der Waals surface area contributed by atoms with Crippen molar-refractivity contribution in [3.63, 3.8) is 0 Å². The third-order valence-corrected chi connectivity index (χ3v) is 2.69. The van der Waals surface area contributed by atoms with Crippen LogP contribution >= 0.6 is 12.6 Å². The molecule has 5 heteroatoms. The first kappa shape index (κ1) is 12.8. The average molecular weight is 233 g/mol. The lowest BCUT2D eigenvalue weighted by atomic mass is 10.1. The zero-order valence-corrected chi connectivity index (χ0v) is 9.75. The number of hydrogen-bond acceptors (Lipinski definition) is 5. The van der Waals surface area contributed by atoms with Gasteiger partial charge in [-0.25, -0.2) is 0 Å². The van der Waals surface area contributed by atoms with E-state index in [1.54, 1.807) is 0 Å². The molecule has 1 fully saturated rings. The fraction of sp³-hybridized carbons (Fsp3) is 0.900. The van der Waals surface area contributed by atoms with Crippen LogP contribution in [0.2, 0.25) is 0 Å². The molecule has 0 aromatic carbocycles. The van der Waals surface area contributed by atoms with Gasteiger partial charge in [0.15, 0.2) is 0 Å².